The van der Waals surface area contributed by atoms with Crippen LogP contribution in [0.3, 0.4) is 0 Å². The SMILES string of the molecule is N#Cc1ccc(-c2ccc(-c3nc4ccccc4nc3-c3ccc(-c4nc(-c5ccc(-c6ccccc6)cc5)cc(-c5ccc(-c6ccccc6)cc5)n4)cc3)cc2)cc1. The molecule has 0 bridgehead atoms. The van der Waals surface area contributed by atoms with Crippen molar-refractivity contribution in [2.45, 2.75) is 0 Å². The summed E-state index contributed by atoms with van der Waals surface area (Å²) in [6, 6.07) is 74.5. The van der Waals surface area contributed by atoms with Gasteiger partial charge in [0.1, 0.15) is 0 Å². The largest absolute Gasteiger partial charge is 0.244 e. The zero-order valence-corrected chi connectivity index (χ0v) is 32.4. The molecule has 0 saturated carbocycles. The Morgan fingerprint density at radius 2 is 0.600 bits per heavy atom. The van der Waals surface area contributed by atoms with Crippen LogP contribution in [0.25, 0.3) is 101 Å². The third kappa shape index (κ3) is 7.33. The molecule has 8 aromatic carbocycles. The Kier molecular flexibility index (Phi) is 9.55. The van der Waals surface area contributed by atoms with Gasteiger partial charge in [0, 0.05) is 27.8 Å². The number of hydrogen-bond donors (Lipinski definition) is 0. The van der Waals surface area contributed by atoms with E-state index in [-0.39, 0.29) is 0 Å². The molecule has 0 atom stereocenters. The Morgan fingerprint density at radius 1 is 0.283 bits per heavy atom. The summed E-state index contributed by atoms with van der Waals surface area (Å²) in [7, 11) is 0. The molecule has 2 heterocycles. The van der Waals surface area contributed by atoms with E-state index in [1.807, 2.05) is 60.7 Å². The molecule has 5 nitrogen and oxygen atoms in total. The number of fused-ring (bicyclic) bond motifs is 1. The number of nitriles is 1. The molecule has 60 heavy (non-hydrogen) atoms. The summed E-state index contributed by atoms with van der Waals surface area (Å²) in [6.45, 7) is 0. The van der Waals surface area contributed by atoms with E-state index in [9.17, 15) is 5.26 Å². The van der Waals surface area contributed by atoms with E-state index in [0.29, 0.717) is 11.4 Å². The van der Waals surface area contributed by atoms with Gasteiger partial charge < -0.3 is 0 Å². The second kappa shape index (κ2) is 15.9. The van der Waals surface area contributed by atoms with Gasteiger partial charge in [0.15, 0.2) is 5.82 Å². The van der Waals surface area contributed by atoms with Crippen molar-refractivity contribution in [1.82, 2.24) is 19.9 Å². The Bertz CT molecular complexity index is 3040. The van der Waals surface area contributed by atoms with Crippen molar-refractivity contribution in [2.24, 2.45) is 0 Å². The predicted molar refractivity (Wildman–Crippen MR) is 243 cm³/mol. The first-order valence-corrected chi connectivity index (χ1v) is 19.8. The van der Waals surface area contributed by atoms with Crippen LogP contribution in [-0.4, -0.2) is 19.9 Å². The highest BCUT2D eigenvalue weighted by molar-refractivity contribution is 5.87. The topological polar surface area (TPSA) is 75.3 Å². The molecule has 0 unspecified atom stereocenters. The summed E-state index contributed by atoms with van der Waals surface area (Å²) in [5.41, 5.74) is 17.1. The molecule has 0 aliphatic rings. The predicted octanol–water partition coefficient (Wildman–Crippen LogP) is 13.6. The summed E-state index contributed by atoms with van der Waals surface area (Å²) >= 11 is 0. The molecule has 2 aromatic heterocycles. The lowest BCUT2D eigenvalue weighted by Gasteiger charge is -2.13. The van der Waals surface area contributed by atoms with Gasteiger partial charge in [-0.05, 0) is 63.7 Å². The van der Waals surface area contributed by atoms with Crippen molar-refractivity contribution < 1.29 is 0 Å². The summed E-state index contributed by atoms with van der Waals surface area (Å²) in [4.78, 5) is 20.6. The van der Waals surface area contributed by atoms with Crippen LogP contribution in [0.5, 0.6) is 0 Å². The Morgan fingerprint density at radius 3 is 1.00 bits per heavy atom. The van der Waals surface area contributed by atoms with E-state index < -0.39 is 0 Å². The average Bonchev–Trinajstić information content (AvgIpc) is 3.34. The zero-order valence-electron chi connectivity index (χ0n) is 32.4. The van der Waals surface area contributed by atoms with Crippen LogP contribution in [0, 0.1) is 11.3 Å². The molecule has 0 aliphatic carbocycles. The lowest BCUT2D eigenvalue weighted by Crippen LogP contribution is -1.97. The van der Waals surface area contributed by atoms with Gasteiger partial charge in [-0.3, -0.25) is 0 Å². The molecule has 0 saturated heterocycles. The summed E-state index contributed by atoms with van der Waals surface area (Å²) in [6.07, 6.45) is 0. The minimum atomic E-state index is 0.636. The van der Waals surface area contributed by atoms with Gasteiger partial charge in [0.25, 0.3) is 0 Å². The van der Waals surface area contributed by atoms with Crippen molar-refractivity contribution >= 4 is 11.0 Å². The smallest absolute Gasteiger partial charge is 0.160 e. The second-order valence-corrected chi connectivity index (χ2v) is 14.6. The molecule has 0 aliphatic heterocycles. The van der Waals surface area contributed by atoms with Crippen LogP contribution in [0.2, 0.25) is 0 Å². The first-order chi connectivity index (χ1) is 29.6. The van der Waals surface area contributed by atoms with Crippen LogP contribution in [0.4, 0.5) is 0 Å². The number of benzene rings is 8. The number of nitrogens with zero attached hydrogens (tertiary/aromatic N) is 5. The van der Waals surface area contributed by atoms with Crippen LogP contribution in [0.15, 0.2) is 212 Å². The number of para-hydroxylation sites is 2. The van der Waals surface area contributed by atoms with Crippen molar-refractivity contribution in [2.75, 3.05) is 0 Å². The first kappa shape index (κ1) is 36.0. The highest BCUT2D eigenvalue weighted by Gasteiger charge is 2.16. The van der Waals surface area contributed by atoms with Gasteiger partial charge in [0.2, 0.25) is 0 Å². The molecular weight excluding hydrogens is 731 g/mol. The number of hydrogen-bond acceptors (Lipinski definition) is 5. The minimum absolute atomic E-state index is 0.636. The third-order valence-corrected chi connectivity index (χ3v) is 10.8. The Labute approximate surface area is 348 Å². The lowest BCUT2D eigenvalue weighted by molar-refractivity contribution is 1.18. The molecule has 10 rings (SSSR count). The van der Waals surface area contributed by atoms with Gasteiger partial charge in [-0.1, -0.05) is 182 Å². The molecule has 5 heteroatoms. The molecule has 0 amide bonds. The van der Waals surface area contributed by atoms with Crippen molar-refractivity contribution in [3.8, 4) is 95.9 Å². The van der Waals surface area contributed by atoms with Crippen LogP contribution >= 0.6 is 0 Å². The van der Waals surface area contributed by atoms with Gasteiger partial charge in [-0.15, -0.1) is 0 Å². The fourth-order valence-electron chi connectivity index (χ4n) is 7.54. The second-order valence-electron chi connectivity index (χ2n) is 14.6. The van der Waals surface area contributed by atoms with Crippen LogP contribution < -0.4 is 0 Å². The van der Waals surface area contributed by atoms with Gasteiger partial charge in [-0.2, -0.15) is 5.26 Å². The molecule has 0 N–H and O–H groups in total. The average molecular weight is 766 g/mol. The fraction of sp³-hybridized carbons (Fsp3) is 0. The molecule has 0 spiro atoms. The lowest BCUT2D eigenvalue weighted by atomic mass is 9.98. The van der Waals surface area contributed by atoms with E-state index in [4.69, 9.17) is 19.9 Å². The number of rotatable bonds is 8. The highest BCUT2D eigenvalue weighted by atomic mass is 14.9. The molecule has 280 valence electrons. The maximum atomic E-state index is 9.25. The van der Waals surface area contributed by atoms with Crippen LogP contribution in [0.1, 0.15) is 5.56 Å². The van der Waals surface area contributed by atoms with E-state index in [0.717, 1.165) is 83.9 Å². The van der Waals surface area contributed by atoms with Gasteiger partial charge in [0.05, 0.1) is 45.4 Å². The monoisotopic (exact) mass is 765 g/mol. The molecule has 0 fully saturated rings. The van der Waals surface area contributed by atoms with E-state index in [2.05, 4.69) is 158 Å². The summed E-state index contributed by atoms with van der Waals surface area (Å²) < 4.78 is 0. The van der Waals surface area contributed by atoms with Gasteiger partial charge >= 0.3 is 0 Å². The molecule has 10 aromatic rings. The normalized spacial score (nSPS) is 11.0. The minimum Gasteiger partial charge on any atom is -0.244 e. The third-order valence-electron chi connectivity index (χ3n) is 10.8. The summed E-state index contributed by atoms with van der Waals surface area (Å²) in [5.74, 6) is 0.636. The highest BCUT2D eigenvalue weighted by Crippen LogP contribution is 2.35. The molecular formula is C55H35N5. The summed E-state index contributed by atoms with van der Waals surface area (Å²) in [5, 5.41) is 9.25. The standard InChI is InChI=1S/C55H35N5/c56-36-37-15-17-40(18-16-37)43-23-29-46(30-24-43)53-54(58-50-14-8-7-13-49(50)57-53)47-31-33-48(34-32-47)55-59-51(44-25-19-41(20-26-44)38-9-3-1-4-10-38)35-52(60-55)45-27-21-42(22-28-45)39-11-5-2-6-12-39/h1-35H. The van der Waals surface area contributed by atoms with E-state index in [1.54, 1.807) is 0 Å². The maximum Gasteiger partial charge on any atom is 0.160 e. The van der Waals surface area contributed by atoms with E-state index in [1.165, 1.54) is 11.1 Å². The Hall–Kier alpha value is -8.33. The van der Waals surface area contributed by atoms with E-state index >= 15 is 0 Å². The number of aromatic nitrogens is 4. The Balaban J connectivity index is 1.03. The fourth-order valence-corrected chi connectivity index (χ4v) is 7.54. The maximum absolute atomic E-state index is 9.25. The molecule has 0 radical (unpaired) electrons. The zero-order chi connectivity index (χ0) is 40.3. The van der Waals surface area contributed by atoms with Crippen molar-refractivity contribution in [1.29, 1.82) is 5.26 Å². The quantitative estimate of drug-likeness (QED) is 0.154. The van der Waals surface area contributed by atoms with Gasteiger partial charge in [-0.25, -0.2) is 19.9 Å². The van der Waals surface area contributed by atoms with Crippen molar-refractivity contribution in [3.63, 3.8) is 0 Å². The van der Waals surface area contributed by atoms with Crippen LogP contribution in [-0.2, 0) is 0 Å². The van der Waals surface area contributed by atoms with Crippen molar-refractivity contribution in [3.05, 3.63) is 218 Å². The first-order valence-electron chi connectivity index (χ1n) is 19.8.